The zero-order valence-electron chi connectivity index (χ0n) is 11.2. The van der Waals surface area contributed by atoms with Gasteiger partial charge in [-0.05, 0) is 29.7 Å². The Morgan fingerprint density at radius 2 is 1.67 bits per heavy atom. The molecule has 0 radical (unpaired) electrons. The first-order valence-corrected chi connectivity index (χ1v) is 7.36. The maximum absolute atomic E-state index is 9.82. The Morgan fingerprint density at radius 1 is 0.905 bits per heavy atom. The van der Waals surface area contributed by atoms with Crippen LogP contribution < -0.4 is 5.32 Å². The molecule has 0 saturated carbocycles. The van der Waals surface area contributed by atoms with Crippen molar-refractivity contribution < 1.29 is 10.2 Å². The van der Waals surface area contributed by atoms with Crippen molar-refractivity contribution in [3.63, 3.8) is 0 Å². The molecule has 3 N–H and O–H groups in total. The van der Waals surface area contributed by atoms with Gasteiger partial charge in [-0.25, -0.2) is 0 Å². The molecule has 4 heteroatoms. The quantitative estimate of drug-likeness (QED) is 0.650. The van der Waals surface area contributed by atoms with Crippen LogP contribution >= 0.6 is 15.9 Å². The third-order valence-electron chi connectivity index (χ3n) is 3.41. The van der Waals surface area contributed by atoms with Crippen LogP contribution in [0.5, 0.6) is 11.5 Å². The second-order valence-electron chi connectivity index (χ2n) is 4.81. The van der Waals surface area contributed by atoms with E-state index in [1.165, 1.54) is 6.07 Å². The van der Waals surface area contributed by atoms with Crippen molar-refractivity contribution in [2.45, 2.75) is 6.54 Å². The summed E-state index contributed by atoms with van der Waals surface area (Å²) >= 11 is 3.55. The largest absolute Gasteiger partial charge is 0.508 e. The van der Waals surface area contributed by atoms with Crippen molar-refractivity contribution in [1.29, 1.82) is 0 Å². The number of nitrogens with one attached hydrogen (secondary N) is 1. The van der Waals surface area contributed by atoms with E-state index in [2.05, 4.69) is 33.4 Å². The van der Waals surface area contributed by atoms with Crippen LogP contribution in [-0.4, -0.2) is 10.2 Å². The summed E-state index contributed by atoms with van der Waals surface area (Å²) in [5.74, 6) is 0.147. The fourth-order valence-electron chi connectivity index (χ4n) is 2.31. The number of phenolic OH excluding ortho intramolecular Hbond substituents is 2. The molecule has 0 fully saturated rings. The number of hydrogen-bond acceptors (Lipinski definition) is 3. The highest BCUT2D eigenvalue weighted by Gasteiger charge is 2.06. The van der Waals surface area contributed by atoms with Gasteiger partial charge in [-0.1, -0.05) is 40.2 Å². The van der Waals surface area contributed by atoms with Gasteiger partial charge in [-0.3, -0.25) is 0 Å². The maximum atomic E-state index is 9.82. The van der Waals surface area contributed by atoms with Gasteiger partial charge in [0, 0.05) is 33.7 Å². The third kappa shape index (κ3) is 2.81. The highest BCUT2D eigenvalue weighted by Crippen LogP contribution is 2.31. The Hall–Kier alpha value is -2.20. The number of fused-ring (bicyclic) bond motifs is 1. The van der Waals surface area contributed by atoms with Gasteiger partial charge in [-0.2, -0.15) is 0 Å². The normalized spacial score (nSPS) is 10.7. The molecule has 3 nitrogen and oxygen atoms in total. The lowest BCUT2D eigenvalue weighted by Crippen LogP contribution is -2.00. The highest BCUT2D eigenvalue weighted by molar-refractivity contribution is 9.10. The van der Waals surface area contributed by atoms with Crippen LogP contribution in [0.15, 0.2) is 59.1 Å². The first-order chi connectivity index (χ1) is 10.1. The Kier molecular flexibility index (Phi) is 3.71. The van der Waals surface area contributed by atoms with Gasteiger partial charge in [-0.15, -0.1) is 0 Å². The Labute approximate surface area is 131 Å². The Morgan fingerprint density at radius 3 is 2.43 bits per heavy atom. The second kappa shape index (κ2) is 5.66. The molecular weight excluding hydrogens is 330 g/mol. The zero-order valence-corrected chi connectivity index (χ0v) is 12.8. The minimum Gasteiger partial charge on any atom is -0.508 e. The van der Waals surface area contributed by atoms with E-state index < -0.39 is 0 Å². The smallest absolute Gasteiger partial charge is 0.124 e. The Balaban J connectivity index is 1.90. The van der Waals surface area contributed by atoms with Gasteiger partial charge in [0.2, 0.25) is 0 Å². The fraction of sp³-hybridized carbons (Fsp3) is 0.0588. The molecule has 0 atom stereocenters. The summed E-state index contributed by atoms with van der Waals surface area (Å²) in [5.41, 5.74) is 1.74. The number of hydrogen-bond donors (Lipinski definition) is 3. The molecule has 106 valence electrons. The summed E-state index contributed by atoms with van der Waals surface area (Å²) in [6.45, 7) is 0.484. The molecule has 3 aromatic carbocycles. The number of rotatable bonds is 3. The van der Waals surface area contributed by atoms with Crippen LogP contribution in [0.25, 0.3) is 10.8 Å². The number of halogens is 1. The predicted octanol–water partition coefficient (Wildman–Crippen LogP) is 4.63. The van der Waals surface area contributed by atoms with E-state index in [0.29, 0.717) is 6.54 Å². The number of phenols is 2. The summed E-state index contributed by atoms with van der Waals surface area (Å²) < 4.78 is 1.05. The molecule has 0 spiro atoms. The van der Waals surface area contributed by atoms with Gasteiger partial charge in [0.1, 0.15) is 11.5 Å². The van der Waals surface area contributed by atoms with E-state index in [0.717, 1.165) is 26.5 Å². The van der Waals surface area contributed by atoms with Crippen LogP contribution in [0.4, 0.5) is 5.69 Å². The minimum absolute atomic E-state index is 0.0605. The standard InChI is InChI=1S/C17H14BrNO2/c18-15-7-8-16(14-4-2-1-3-13(14)15)19-10-11-5-6-12(20)9-17(11)21/h1-9,19-21H,10H2. The first kappa shape index (κ1) is 13.8. The molecule has 0 aliphatic heterocycles. The highest BCUT2D eigenvalue weighted by atomic mass is 79.9. The predicted molar refractivity (Wildman–Crippen MR) is 88.7 cm³/mol. The van der Waals surface area contributed by atoms with Crippen LogP contribution in [0.2, 0.25) is 0 Å². The molecule has 0 aliphatic carbocycles. The fourth-order valence-corrected chi connectivity index (χ4v) is 2.79. The number of benzene rings is 3. The van der Waals surface area contributed by atoms with Gasteiger partial charge in [0.05, 0.1) is 0 Å². The van der Waals surface area contributed by atoms with E-state index in [1.807, 2.05) is 24.3 Å². The average Bonchev–Trinajstić information content (AvgIpc) is 2.48. The lowest BCUT2D eigenvalue weighted by Gasteiger charge is -2.12. The average molecular weight is 344 g/mol. The van der Waals surface area contributed by atoms with E-state index in [-0.39, 0.29) is 11.5 Å². The summed E-state index contributed by atoms with van der Waals surface area (Å²) in [5, 5.41) is 24.7. The summed E-state index contributed by atoms with van der Waals surface area (Å²) in [4.78, 5) is 0. The molecule has 3 aromatic rings. The van der Waals surface area contributed by atoms with E-state index in [4.69, 9.17) is 0 Å². The maximum Gasteiger partial charge on any atom is 0.124 e. The van der Waals surface area contributed by atoms with Gasteiger partial charge in [0.25, 0.3) is 0 Å². The molecule has 0 saturated heterocycles. The summed E-state index contributed by atoms with van der Waals surface area (Å²) in [6.07, 6.45) is 0. The lowest BCUT2D eigenvalue weighted by molar-refractivity contribution is 0.446. The Bertz CT molecular complexity index is 802. The van der Waals surface area contributed by atoms with E-state index in [1.54, 1.807) is 12.1 Å². The monoisotopic (exact) mass is 343 g/mol. The van der Waals surface area contributed by atoms with E-state index >= 15 is 0 Å². The van der Waals surface area contributed by atoms with Gasteiger partial charge in [0.15, 0.2) is 0 Å². The molecule has 0 amide bonds. The van der Waals surface area contributed by atoms with Crippen molar-refractivity contribution in [2.75, 3.05) is 5.32 Å². The topological polar surface area (TPSA) is 52.5 Å². The molecule has 0 aromatic heterocycles. The molecule has 0 heterocycles. The van der Waals surface area contributed by atoms with Crippen LogP contribution in [0.3, 0.4) is 0 Å². The summed E-state index contributed by atoms with van der Waals surface area (Å²) in [6, 6.07) is 16.7. The molecule has 0 unspecified atom stereocenters. The summed E-state index contributed by atoms with van der Waals surface area (Å²) in [7, 11) is 0. The second-order valence-corrected chi connectivity index (χ2v) is 5.66. The van der Waals surface area contributed by atoms with Crippen molar-refractivity contribution in [3.05, 3.63) is 64.6 Å². The van der Waals surface area contributed by atoms with Crippen molar-refractivity contribution >= 4 is 32.4 Å². The van der Waals surface area contributed by atoms with Crippen LogP contribution in [-0.2, 0) is 6.54 Å². The van der Waals surface area contributed by atoms with Gasteiger partial charge < -0.3 is 15.5 Å². The van der Waals surface area contributed by atoms with Gasteiger partial charge >= 0.3 is 0 Å². The lowest BCUT2D eigenvalue weighted by atomic mass is 10.1. The van der Waals surface area contributed by atoms with Crippen LogP contribution in [0.1, 0.15) is 5.56 Å². The number of aromatic hydroxyl groups is 2. The zero-order chi connectivity index (χ0) is 14.8. The van der Waals surface area contributed by atoms with E-state index in [9.17, 15) is 10.2 Å². The first-order valence-electron chi connectivity index (χ1n) is 6.57. The van der Waals surface area contributed by atoms with Crippen molar-refractivity contribution in [3.8, 4) is 11.5 Å². The molecular formula is C17H14BrNO2. The SMILES string of the molecule is Oc1ccc(CNc2ccc(Br)c3ccccc23)c(O)c1. The van der Waals surface area contributed by atoms with Crippen molar-refractivity contribution in [2.24, 2.45) is 0 Å². The minimum atomic E-state index is 0.0605. The van der Waals surface area contributed by atoms with Crippen LogP contribution in [0, 0.1) is 0 Å². The number of anilines is 1. The third-order valence-corrected chi connectivity index (χ3v) is 4.10. The molecule has 0 bridgehead atoms. The molecule has 21 heavy (non-hydrogen) atoms. The molecule has 3 rings (SSSR count). The van der Waals surface area contributed by atoms with Crippen molar-refractivity contribution in [1.82, 2.24) is 0 Å². The molecule has 0 aliphatic rings.